The van der Waals surface area contributed by atoms with Crippen LogP contribution in [0.2, 0.25) is 0 Å². The summed E-state index contributed by atoms with van der Waals surface area (Å²) in [4.78, 5) is 27.7. The molecule has 9 heteroatoms. The monoisotopic (exact) mass is 352 g/mol. The number of carbonyl (C=O) groups is 2. The van der Waals surface area contributed by atoms with Crippen LogP contribution in [0.5, 0.6) is 0 Å². The highest BCUT2D eigenvalue weighted by molar-refractivity contribution is 5.95. The maximum Gasteiger partial charge on any atom is 0.243 e. The molecule has 0 aliphatic carbocycles. The predicted octanol–water partition coefficient (Wildman–Crippen LogP) is 0.931. The van der Waals surface area contributed by atoms with Crippen LogP contribution in [0.25, 0.3) is 11.4 Å². The average Bonchev–Trinajstić information content (AvgIpc) is 3.06. The van der Waals surface area contributed by atoms with E-state index in [2.05, 4.69) is 25.8 Å². The number of amides is 2. The lowest BCUT2D eigenvalue weighted by atomic mass is 10.1. The number of anilines is 1. The first kappa shape index (κ1) is 19.6. The summed E-state index contributed by atoms with van der Waals surface area (Å²) in [6, 6.07) is 6.53. The number of H-pyrrole nitrogens is 1. The predicted molar refractivity (Wildman–Crippen MR) is 93.5 cm³/mol. The third kappa shape index (κ3) is 5.32. The maximum absolute atomic E-state index is 11.9. The Morgan fingerprint density at radius 3 is 2.71 bits per heavy atom. The molecule has 0 unspecified atom stereocenters. The zero-order chi connectivity index (χ0) is 16.8. The summed E-state index contributed by atoms with van der Waals surface area (Å²) in [6.07, 6.45) is 1.41. The quantitative estimate of drug-likeness (QED) is 0.615. The molecule has 0 saturated heterocycles. The molecule has 1 atom stereocenters. The molecule has 0 radical (unpaired) electrons. The Labute approximate surface area is 146 Å². The summed E-state index contributed by atoms with van der Waals surface area (Å²) in [6.45, 7) is 3.56. The normalized spacial score (nSPS) is 11.5. The number of aromatic amines is 1. The molecule has 2 aromatic rings. The molecule has 24 heavy (non-hydrogen) atoms. The molecular formula is C15H21ClN6O2. The van der Waals surface area contributed by atoms with Gasteiger partial charge in [0.25, 0.3) is 0 Å². The van der Waals surface area contributed by atoms with E-state index in [1.54, 1.807) is 18.2 Å². The van der Waals surface area contributed by atoms with E-state index < -0.39 is 6.04 Å². The Hall–Kier alpha value is -2.45. The molecule has 1 aromatic heterocycles. The molecular weight excluding hydrogens is 332 g/mol. The van der Waals surface area contributed by atoms with Crippen LogP contribution < -0.4 is 16.4 Å². The van der Waals surface area contributed by atoms with Gasteiger partial charge in [-0.05, 0) is 18.1 Å². The SMILES string of the molecule is CC(C)[C@H](N)C(=O)NCC(=O)Nc1cccc(-c2ncn[nH]2)c1.Cl. The van der Waals surface area contributed by atoms with Gasteiger partial charge in [0, 0.05) is 11.3 Å². The molecule has 8 nitrogen and oxygen atoms in total. The largest absolute Gasteiger partial charge is 0.346 e. The number of nitrogens with zero attached hydrogens (tertiary/aromatic N) is 2. The molecule has 0 spiro atoms. The van der Waals surface area contributed by atoms with Crippen molar-refractivity contribution in [3.63, 3.8) is 0 Å². The molecule has 5 N–H and O–H groups in total. The van der Waals surface area contributed by atoms with Crippen molar-refractivity contribution in [2.45, 2.75) is 19.9 Å². The van der Waals surface area contributed by atoms with Gasteiger partial charge in [0.15, 0.2) is 5.82 Å². The summed E-state index contributed by atoms with van der Waals surface area (Å²) < 4.78 is 0. The van der Waals surface area contributed by atoms with E-state index in [0.717, 1.165) is 5.56 Å². The van der Waals surface area contributed by atoms with Crippen LogP contribution in [0.3, 0.4) is 0 Å². The second-order valence-corrected chi connectivity index (χ2v) is 5.45. The van der Waals surface area contributed by atoms with Crippen molar-refractivity contribution in [1.82, 2.24) is 20.5 Å². The van der Waals surface area contributed by atoms with E-state index >= 15 is 0 Å². The van der Waals surface area contributed by atoms with E-state index in [0.29, 0.717) is 11.5 Å². The lowest BCUT2D eigenvalue weighted by molar-refractivity contribution is -0.125. The number of hydrogen-bond acceptors (Lipinski definition) is 5. The highest BCUT2D eigenvalue weighted by Gasteiger charge is 2.17. The number of aromatic nitrogens is 3. The lowest BCUT2D eigenvalue weighted by Gasteiger charge is -2.15. The fraction of sp³-hybridized carbons (Fsp3) is 0.333. The highest BCUT2D eigenvalue weighted by Crippen LogP contribution is 2.18. The molecule has 130 valence electrons. The summed E-state index contributed by atoms with van der Waals surface area (Å²) in [7, 11) is 0. The van der Waals surface area contributed by atoms with Crippen molar-refractivity contribution < 1.29 is 9.59 Å². The van der Waals surface area contributed by atoms with Crippen LogP contribution in [0.4, 0.5) is 5.69 Å². The van der Waals surface area contributed by atoms with Crippen LogP contribution in [0.15, 0.2) is 30.6 Å². The van der Waals surface area contributed by atoms with Gasteiger partial charge in [0.05, 0.1) is 12.6 Å². The van der Waals surface area contributed by atoms with Crippen LogP contribution in [-0.2, 0) is 9.59 Å². The number of halogens is 1. The summed E-state index contributed by atoms with van der Waals surface area (Å²) in [5.74, 6) is -0.0523. The molecule has 0 fully saturated rings. The number of nitrogens with one attached hydrogen (secondary N) is 3. The molecule has 2 rings (SSSR count). The van der Waals surface area contributed by atoms with Crippen molar-refractivity contribution in [3.8, 4) is 11.4 Å². The molecule has 0 bridgehead atoms. The average molecular weight is 353 g/mol. The van der Waals surface area contributed by atoms with Gasteiger partial charge in [-0.2, -0.15) is 5.10 Å². The van der Waals surface area contributed by atoms with Crippen LogP contribution >= 0.6 is 12.4 Å². The standard InChI is InChI=1S/C15H20N6O2.ClH/c1-9(2)13(16)15(23)17-7-12(22)20-11-5-3-4-10(6-11)14-18-8-19-21-14;/h3-6,8-9,13H,7,16H2,1-2H3,(H,17,23)(H,20,22)(H,18,19,21);1H/t13-;/m0./s1. The lowest BCUT2D eigenvalue weighted by Crippen LogP contribution is -2.46. The fourth-order valence-corrected chi connectivity index (χ4v) is 1.88. The van der Waals surface area contributed by atoms with Crippen molar-refractivity contribution in [2.24, 2.45) is 11.7 Å². The van der Waals surface area contributed by atoms with E-state index in [1.165, 1.54) is 6.33 Å². The Morgan fingerprint density at radius 2 is 2.08 bits per heavy atom. The van der Waals surface area contributed by atoms with E-state index in [4.69, 9.17) is 5.73 Å². The smallest absolute Gasteiger partial charge is 0.243 e. The van der Waals surface area contributed by atoms with Crippen molar-refractivity contribution in [3.05, 3.63) is 30.6 Å². The first-order chi connectivity index (χ1) is 11.0. The Bertz CT molecular complexity index is 674. The second-order valence-electron chi connectivity index (χ2n) is 5.45. The fourth-order valence-electron chi connectivity index (χ4n) is 1.88. The van der Waals surface area contributed by atoms with Gasteiger partial charge in [-0.1, -0.05) is 26.0 Å². The molecule has 1 heterocycles. The number of carbonyl (C=O) groups excluding carboxylic acids is 2. The minimum Gasteiger partial charge on any atom is -0.346 e. The van der Waals surface area contributed by atoms with Crippen LogP contribution in [0.1, 0.15) is 13.8 Å². The first-order valence-corrected chi connectivity index (χ1v) is 7.26. The summed E-state index contributed by atoms with van der Waals surface area (Å²) in [5, 5.41) is 11.8. The van der Waals surface area contributed by atoms with Crippen molar-refractivity contribution in [2.75, 3.05) is 11.9 Å². The second kappa shape index (κ2) is 8.99. The van der Waals surface area contributed by atoms with E-state index in [-0.39, 0.29) is 36.7 Å². The van der Waals surface area contributed by atoms with Crippen LogP contribution in [0, 0.1) is 5.92 Å². The molecule has 0 aliphatic rings. The van der Waals surface area contributed by atoms with Gasteiger partial charge >= 0.3 is 0 Å². The Morgan fingerprint density at radius 1 is 1.33 bits per heavy atom. The zero-order valence-corrected chi connectivity index (χ0v) is 14.3. The zero-order valence-electron chi connectivity index (χ0n) is 13.4. The number of rotatable bonds is 6. The van der Waals surface area contributed by atoms with Gasteiger partial charge in [0.2, 0.25) is 11.8 Å². The van der Waals surface area contributed by atoms with Crippen LogP contribution in [-0.4, -0.2) is 39.6 Å². The molecule has 0 saturated carbocycles. The molecule has 1 aromatic carbocycles. The van der Waals surface area contributed by atoms with Gasteiger partial charge in [-0.3, -0.25) is 14.7 Å². The van der Waals surface area contributed by atoms with Gasteiger partial charge in [-0.15, -0.1) is 12.4 Å². The Balaban J connectivity index is 0.00000288. The minimum absolute atomic E-state index is 0. The summed E-state index contributed by atoms with van der Waals surface area (Å²) >= 11 is 0. The number of benzene rings is 1. The van der Waals surface area contributed by atoms with E-state index in [9.17, 15) is 9.59 Å². The highest BCUT2D eigenvalue weighted by atomic mass is 35.5. The minimum atomic E-state index is -0.627. The third-order valence-corrected chi connectivity index (χ3v) is 3.28. The van der Waals surface area contributed by atoms with Gasteiger partial charge < -0.3 is 16.4 Å². The molecule has 0 aliphatic heterocycles. The molecule has 2 amide bonds. The maximum atomic E-state index is 11.9. The topological polar surface area (TPSA) is 126 Å². The number of hydrogen-bond donors (Lipinski definition) is 4. The van der Waals surface area contributed by atoms with Gasteiger partial charge in [0.1, 0.15) is 6.33 Å². The Kier molecular flexibility index (Phi) is 7.34. The van der Waals surface area contributed by atoms with E-state index in [1.807, 2.05) is 19.9 Å². The first-order valence-electron chi connectivity index (χ1n) is 7.26. The van der Waals surface area contributed by atoms with Crippen molar-refractivity contribution in [1.29, 1.82) is 0 Å². The van der Waals surface area contributed by atoms with Gasteiger partial charge in [-0.25, -0.2) is 4.98 Å². The van der Waals surface area contributed by atoms with Crippen molar-refractivity contribution >= 4 is 29.9 Å². The third-order valence-electron chi connectivity index (χ3n) is 3.28. The number of nitrogens with two attached hydrogens (primary N) is 1. The summed E-state index contributed by atoms with van der Waals surface area (Å²) in [5.41, 5.74) is 7.11.